The van der Waals surface area contributed by atoms with Gasteiger partial charge in [-0.1, -0.05) is 29.8 Å². The predicted octanol–water partition coefficient (Wildman–Crippen LogP) is 4.86. The minimum Gasteiger partial charge on any atom is -0.457 e. The molecule has 1 aliphatic heterocycles. The van der Waals surface area contributed by atoms with Crippen LogP contribution in [0.2, 0.25) is 5.02 Å². The van der Waals surface area contributed by atoms with Gasteiger partial charge in [0, 0.05) is 16.7 Å². The van der Waals surface area contributed by atoms with Crippen LogP contribution in [-0.2, 0) is 4.79 Å². The first-order valence-corrected chi connectivity index (χ1v) is 8.68. The van der Waals surface area contributed by atoms with Crippen LogP contribution in [0.1, 0.15) is 5.76 Å². The van der Waals surface area contributed by atoms with Crippen molar-refractivity contribution in [2.24, 2.45) is 0 Å². The summed E-state index contributed by atoms with van der Waals surface area (Å²) in [4.78, 5) is 14.1. The summed E-state index contributed by atoms with van der Waals surface area (Å²) < 4.78 is 5.82. The summed E-state index contributed by atoms with van der Waals surface area (Å²) in [6.45, 7) is 0. The number of carbonyl (C=O) groups is 1. The topological polar surface area (TPSA) is 45.5 Å². The SMILES string of the molecule is O=C1/C(=C\c2ccc(-c3ccc(Cl)cc3)o2)NC(=S)N1c1ccccc1. The zero-order valence-corrected chi connectivity index (χ0v) is 15.1. The van der Waals surface area contributed by atoms with Crippen molar-refractivity contribution >= 4 is 46.6 Å². The van der Waals surface area contributed by atoms with E-state index in [2.05, 4.69) is 5.32 Å². The van der Waals surface area contributed by atoms with Crippen LogP contribution in [0, 0.1) is 0 Å². The van der Waals surface area contributed by atoms with E-state index in [1.807, 2.05) is 48.5 Å². The molecule has 0 bridgehead atoms. The molecule has 0 spiro atoms. The lowest BCUT2D eigenvalue weighted by molar-refractivity contribution is -0.113. The highest BCUT2D eigenvalue weighted by atomic mass is 35.5. The minimum absolute atomic E-state index is 0.217. The highest BCUT2D eigenvalue weighted by Gasteiger charge is 2.32. The molecule has 4 nitrogen and oxygen atoms in total. The van der Waals surface area contributed by atoms with E-state index in [1.54, 1.807) is 24.3 Å². The Morgan fingerprint density at radius 3 is 2.46 bits per heavy atom. The first kappa shape index (κ1) is 16.6. The molecule has 1 N–H and O–H groups in total. The molecule has 0 unspecified atom stereocenters. The molecule has 0 saturated carbocycles. The van der Waals surface area contributed by atoms with Crippen LogP contribution < -0.4 is 10.2 Å². The number of thiocarbonyl (C=S) groups is 1. The molecule has 6 heteroatoms. The number of rotatable bonds is 3. The second-order valence-corrected chi connectivity index (χ2v) is 6.50. The molecule has 0 radical (unpaired) electrons. The molecule has 2 aromatic carbocycles. The molecule has 128 valence electrons. The summed E-state index contributed by atoms with van der Waals surface area (Å²) in [5.41, 5.74) is 2.00. The number of nitrogens with zero attached hydrogens (tertiary/aromatic N) is 1. The lowest BCUT2D eigenvalue weighted by Crippen LogP contribution is -2.30. The van der Waals surface area contributed by atoms with Crippen molar-refractivity contribution in [3.05, 3.63) is 83.2 Å². The maximum absolute atomic E-state index is 12.7. The summed E-state index contributed by atoms with van der Waals surface area (Å²) in [5, 5.41) is 3.96. The average Bonchev–Trinajstić information content (AvgIpc) is 3.21. The van der Waals surface area contributed by atoms with Crippen LogP contribution in [-0.4, -0.2) is 11.0 Å². The molecular weight excluding hydrogens is 368 g/mol. The number of halogens is 1. The fourth-order valence-corrected chi connectivity index (χ4v) is 3.11. The number of hydrogen-bond donors (Lipinski definition) is 1. The summed E-state index contributed by atoms with van der Waals surface area (Å²) in [7, 11) is 0. The van der Waals surface area contributed by atoms with Gasteiger partial charge >= 0.3 is 0 Å². The number of anilines is 1. The second kappa shape index (κ2) is 6.78. The van der Waals surface area contributed by atoms with Crippen LogP contribution >= 0.6 is 23.8 Å². The van der Waals surface area contributed by atoms with E-state index in [4.69, 9.17) is 28.2 Å². The monoisotopic (exact) mass is 380 g/mol. The number of para-hydroxylation sites is 1. The maximum atomic E-state index is 12.7. The quantitative estimate of drug-likeness (QED) is 0.520. The highest BCUT2D eigenvalue weighted by molar-refractivity contribution is 7.80. The van der Waals surface area contributed by atoms with Crippen molar-refractivity contribution in [3.63, 3.8) is 0 Å². The van der Waals surface area contributed by atoms with Gasteiger partial charge in [0.2, 0.25) is 0 Å². The van der Waals surface area contributed by atoms with Crippen molar-refractivity contribution in [2.45, 2.75) is 0 Å². The largest absolute Gasteiger partial charge is 0.457 e. The third-order valence-corrected chi connectivity index (χ3v) is 4.47. The zero-order valence-electron chi connectivity index (χ0n) is 13.5. The number of nitrogens with one attached hydrogen (secondary N) is 1. The molecule has 0 atom stereocenters. The molecule has 1 aliphatic rings. The van der Waals surface area contributed by atoms with Crippen LogP contribution in [0.4, 0.5) is 5.69 Å². The van der Waals surface area contributed by atoms with Crippen molar-refractivity contribution < 1.29 is 9.21 Å². The van der Waals surface area contributed by atoms with Crippen LogP contribution in [0.5, 0.6) is 0 Å². The van der Waals surface area contributed by atoms with E-state index in [0.717, 1.165) is 11.3 Å². The number of benzene rings is 2. The van der Waals surface area contributed by atoms with Gasteiger partial charge in [-0.05, 0) is 60.7 Å². The predicted molar refractivity (Wildman–Crippen MR) is 107 cm³/mol. The summed E-state index contributed by atoms with van der Waals surface area (Å²) >= 11 is 11.2. The normalized spacial score (nSPS) is 15.6. The molecule has 0 aliphatic carbocycles. The number of carbonyl (C=O) groups excluding carboxylic acids is 1. The van der Waals surface area contributed by atoms with Crippen LogP contribution in [0.25, 0.3) is 17.4 Å². The molecule has 4 rings (SSSR count). The molecule has 1 aromatic heterocycles. The van der Waals surface area contributed by atoms with Crippen LogP contribution in [0.15, 0.2) is 76.8 Å². The molecule has 1 fully saturated rings. The van der Waals surface area contributed by atoms with E-state index in [-0.39, 0.29) is 5.91 Å². The van der Waals surface area contributed by atoms with E-state index in [0.29, 0.717) is 27.4 Å². The lowest BCUT2D eigenvalue weighted by atomic mass is 10.2. The molecule has 26 heavy (non-hydrogen) atoms. The van der Waals surface area contributed by atoms with Gasteiger partial charge in [-0.25, -0.2) is 0 Å². The molecule has 1 amide bonds. The Kier molecular flexibility index (Phi) is 4.32. The van der Waals surface area contributed by atoms with E-state index < -0.39 is 0 Å². The minimum atomic E-state index is -0.217. The van der Waals surface area contributed by atoms with Gasteiger partial charge in [-0.3, -0.25) is 9.69 Å². The number of hydrogen-bond acceptors (Lipinski definition) is 3. The molecule has 2 heterocycles. The first-order valence-electron chi connectivity index (χ1n) is 7.90. The van der Waals surface area contributed by atoms with Gasteiger partial charge in [-0.15, -0.1) is 0 Å². The van der Waals surface area contributed by atoms with Gasteiger partial charge in [0.1, 0.15) is 17.2 Å². The van der Waals surface area contributed by atoms with Crippen LogP contribution in [0.3, 0.4) is 0 Å². The number of amides is 1. The van der Waals surface area contributed by atoms with Crippen molar-refractivity contribution in [2.75, 3.05) is 4.90 Å². The van der Waals surface area contributed by atoms with Crippen molar-refractivity contribution in [1.82, 2.24) is 5.32 Å². The molecule has 1 saturated heterocycles. The Morgan fingerprint density at radius 1 is 1.00 bits per heavy atom. The van der Waals surface area contributed by atoms with Gasteiger partial charge in [-0.2, -0.15) is 0 Å². The summed E-state index contributed by atoms with van der Waals surface area (Å²) in [6.07, 6.45) is 1.65. The Bertz CT molecular complexity index is 1010. The van der Waals surface area contributed by atoms with E-state index in [9.17, 15) is 4.79 Å². The third kappa shape index (κ3) is 3.14. The highest BCUT2D eigenvalue weighted by Crippen LogP contribution is 2.26. The van der Waals surface area contributed by atoms with Crippen molar-refractivity contribution in [1.29, 1.82) is 0 Å². The third-order valence-electron chi connectivity index (χ3n) is 3.93. The standard InChI is InChI=1S/C20H13ClN2O2S/c21-14-8-6-13(7-9-14)18-11-10-16(25-18)12-17-19(24)23(20(26)22-17)15-4-2-1-3-5-15/h1-12H,(H,22,26)/b17-12+. The van der Waals surface area contributed by atoms with Gasteiger partial charge in [0.25, 0.3) is 5.91 Å². The summed E-state index contributed by atoms with van der Waals surface area (Å²) in [5.74, 6) is 1.04. The van der Waals surface area contributed by atoms with E-state index in [1.165, 1.54) is 4.90 Å². The zero-order chi connectivity index (χ0) is 18.1. The van der Waals surface area contributed by atoms with E-state index >= 15 is 0 Å². The van der Waals surface area contributed by atoms with Gasteiger partial charge in [0.05, 0.1) is 5.69 Å². The Balaban J connectivity index is 1.60. The molecular formula is C20H13ClN2O2S. The smallest absolute Gasteiger partial charge is 0.281 e. The second-order valence-electron chi connectivity index (χ2n) is 5.67. The fraction of sp³-hybridized carbons (Fsp3) is 0. The van der Waals surface area contributed by atoms with Gasteiger partial charge < -0.3 is 9.73 Å². The van der Waals surface area contributed by atoms with Gasteiger partial charge in [0.15, 0.2) is 5.11 Å². The maximum Gasteiger partial charge on any atom is 0.281 e. The first-order chi connectivity index (χ1) is 12.6. The van der Waals surface area contributed by atoms with Crippen molar-refractivity contribution in [3.8, 4) is 11.3 Å². The lowest BCUT2D eigenvalue weighted by Gasteiger charge is -2.13. The Morgan fingerprint density at radius 2 is 1.73 bits per heavy atom. The number of furan rings is 1. The molecule has 3 aromatic rings. The Labute approximate surface area is 160 Å². The fourth-order valence-electron chi connectivity index (χ4n) is 2.69. The average molecular weight is 381 g/mol. The Hall–Kier alpha value is -2.89. The summed E-state index contributed by atoms with van der Waals surface area (Å²) in [6, 6.07) is 20.3.